The molecular formula is C17H22N2. The molecule has 3 unspecified atom stereocenters. The number of pyridine rings is 1. The lowest BCUT2D eigenvalue weighted by Crippen LogP contribution is -2.46. The van der Waals surface area contributed by atoms with Gasteiger partial charge in [-0.25, -0.2) is 0 Å². The van der Waals surface area contributed by atoms with Crippen LogP contribution in [0.1, 0.15) is 38.7 Å². The molecule has 0 saturated heterocycles. The molecule has 0 aliphatic heterocycles. The number of rotatable bonds is 1. The zero-order valence-corrected chi connectivity index (χ0v) is 11.8. The minimum atomic E-state index is -0.222. The van der Waals surface area contributed by atoms with Crippen molar-refractivity contribution in [3.63, 3.8) is 0 Å². The molecule has 3 rings (SSSR count). The standard InChI is InChI=1S/C17H22N2/c1-12-7-8-17(18,13(2)9-12)16-11-19-10-14-5-3-4-6-15(14)16/h3-6,10-13H,7-9,18H2,1-2H3. The smallest absolute Gasteiger partial charge is 0.0457 e. The Labute approximate surface area is 115 Å². The van der Waals surface area contributed by atoms with Crippen molar-refractivity contribution < 1.29 is 0 Å². The fourth-order valence-corrected chi connectivity index (χ4v) is 3.55. The molecule has 1 aliphatic carbocycles. The quantitative estimate of drug-likeness (QED) is 0.839. The Morgan fingerprint density at radius 2 is 2.00 bits per heavy atom. The summed E-state index contributed by atoms with van der Waals surface area (Å²) >= 11 is 0. The van der Waals surface area contributed by atoms with E-state index in [0.717, 1.165) is 12.3 Å². The van der Waals surface area contributed by atoms with Crippen molar-refractivity contribution in [1.82, 2.24) is 4.98 Å². The second kappa shape index (κ2) is 4.61. The fraction of sp³-hybridized carbons (Fsp3) is 0.471. The molecule has 1 aromatic carbocycles. The third-order valence-corrected chi connectivity index (χ3v) is 4.86. The highest BCUT2D eigenvalue weighted by Gasteiger charge is 2.39. The molecule has 19 heavy (non-hydrogen) atoms. The first-order valence-corrected chi connectivity index (χ1v) is 7.23. The van der Waals surface area contributed by atoms with E-state index in [9.17, 15) is 0 Å². The maximum Gasteiger partial charge on any atom is 0.0457 e. The molecule has 1 fully saturated rings. The number of hydrogen-bond acceptors (Lipinski definition) is 2. The van der Waals surface area contributed by atoms with Gasteiger partial charge >= 0.3 is 0 Å². The summed E-state index contributed by atoms with van der Waals surface area (Å²) in [5.41, 5.74) is 7.82. The monoisotopic (exact) mass is 254 g/mol. The average Bonchev–Trinajstić information content (AvgIpc) is 2.43. The lowest BCUT2D eigenvalue weighted by atomic mass is 9.67. The van der Waals surface area contributed by atoms with Crippen LogP contribution in [-0.2, 0) is 5.54 Å². The Hall–Kier alpha value is -1.41. The average molecular weight is 254 g/mol. The molecule has 2 heteroatoms. The summed E-state index contributed by atoms with van der Waals surface area (Å²) in [7, 11) is 0. The van der Waals surface area contributed by atoms with Gasteiger partial charge in [-0.05, 0) is 42.0 Å². The van der Waals surface area contributed by atoms with E-state index < -0.39 is 0 Å². The second-order valence-electron chi connectivity index (χ2n) is 6.23. The van der Waals surface area contributed by atoms with Crippen molar-refractivity contribution >= 4 is 10.8 Å². The highest BCUT2D eigenvalue weighted by molar-refractivity contribution is 5.85. The van der Waals surface area contributed by atoms with E-state index in [1.54, 1.807) is 0 Å². The maximum absolute atomic E-state index is 6.81. The first kappa shape index (κ1) is 12.6. The largest absolute Gasteiger partial charge is 0.321 e. The highest BCUT2D eigenvalue weighted by Crippen LogP contribution is 2.43. The molecule has 100 valence electrons. The van der Waals surface area contributed by atoms with Crippen molar-refractivity contribution in [1.29, 1.82) is 0 Å². The Morgan fingerprint density at radius 1 is 1.21 bits per heavy atom. The number of nitrogens with two attached hydrogens (primary N) is 1. The Balaban J connectivity index is 2.13. The van der Waals surface area contributed by atoms with Gasteiger partial charge in [-0.15, -0.1) is 0 Å². The van der Waals surface area contributed by atoms with Crippen LogP contribution in [0, 0.1) is 11.8 Å². The zero-order chi connectivity index (χ0) is 13.5. The lowest BCUT2D eigenvalue weighted by Gasteiger charge is -2.42. The Bertz CT molecular complexity index is 587. The predicted octanol–water partition coefficient (Wildman–Crippen LogP) is 3.84. The van der Waals surface area contributed by atoms with Crippen LogP contribution in [0.4, 0.5) is 0 Å². The van der Waals surface area contributed by atoms with Crippen LogP contribution in [0.5, 0.6) is 0 Å². The van der Waals surface area contributed by atoms with E-state index in [-0.39, 0.29) is 5.54 Å². The number of nitrogens with zero attached hydrogens (tertiary/aromatic N) is 1. The van der Waals surface area contributed by atoms with Gasteiger partial charge in [0.05, 0.1) is 0 Å². The number of benzene rings is 1. The number of hydrogen-bond donors (Lipinski definition) is 1. The summed E-state index contributed by atoms with van der Waals surface area (Å²) in [5, 5.41) is 2.46. The molecule has 0 amide bonds. The van der Waals surface area contributed by atoms with Gasteiger partial charge in [0.1, 0.15) is 0 Å². The molecule has 0 spiro atoms. The normalized spacial score (nSPS) is 31.5. The topological polar surface area (TPSA) is 38.9 Å². The van der Waals surface area contributed by atoms with E-state index in [1.807, 2.05) is 12.4 Å². The molecule has 1 aromatic heterocycles. The highest BCUT2D eigenvalue weighted by atomic mass is 14.8. The van der Waals surface area contributed by atoms with Gasteiger partial charge in [0, 0.05) is 23.3 Å². The molecule has 1 aliphatic rings. The van der Waals surface area contributed by atoms with Gasteiger partial charge in [-0.3, -0.25) is 4.98 Å². The zero-order valence-electron chi connectivity index (χ0n) is 11.8. The van der Waals surface area contributed by atoms with Crippen molar-refractivity contribution in [2.75, 3.05) is 0 Å². The first-order chi connectivity index (χ1) is 9.11. The van der Waals surface area contributed by atoms with Gasteiger partial charge in [0.15, 0.2) is 0 Å². The summed E-state index contributed by atoms with van der Waals surface area (Å²) in [6.07, 6.45) is 7.39. The van der Waals surface area contributed by atoms with Crippen molar-refractivity contribution in [2.24, 2.45) is 17.6 Å². The summed E-state index contributed by atoms with van der Waals surface area (Å²) in [6.45, 7) is 4.62. The van der Waals surface area contributed by atoms with E-state index in [4.69, 9.17) is 5.73 Å². The fourth-order valence-electron chi connectivity index (χ4n) is 3.55. The molecule has 1 heterocycles. The van der Waals surface area contributed by atoms with E-state index >= 15 is 0 Å². The summed E-state index contributed by atoms with van der Waals surface area (Å²) in [4.78, 5) is 4.41. The Morgan fingerprint density at radius 3 is 2.79 bits per heavy atom. The SMILES string of the molecule is CC1CCC(N)(c2cncc3ccccc23)C(C)C1. The molecule has 1 saturated carbocycles. The molecule has 0 bridgehead atoms. The molecule has 2 N–H and O–H groups in total. The molecular weight excluding hydrogens is 232 g/mol. The van der Waals surface area contributed by atoms with Crippen molar-refractivity contribution in [2.45, 2.75) is 38.6 Å². The van der Waals surface area contributed by atoms with Gasteiger partial charge in [0.25, 0.3) is 0 Å². The van der Waals surface area contributed by atoms with Crippen LogP contribution in [0.15, 0.2) is 36.7 Å². The third kappa shape index (κ3) is 2.04. The van der Waals surface area contributed by atoms with E-state index in [0.29, 0.717) is 5.92 Å². The third-order valence-electron chi connectivity index (χ3n) is 4.86. The summed E-state index contributed by atoms with van der Waals surface area (Å²) in [5.74, 6) is 1.29. The van der Waals surface area contributed by atoms with Crippen LogP contribution in [0.3, 0.4) is 0 Å². The van der Waals surface area contributed by atoms with Crippen LogP contribution in [0.25, 0.3) is 10.8 Å². The van der Waals surface area contributed by atoms with E-state index in [2.05, 4.69) is 43.1 Å². The minimum Gasteiger partial charge on any atom is -0.321 e. The predicted molar refractivity (Wildman–Crippen MR) is 79.8 cm³/mol. The van der Waals surface area contributed by atoms with Crippen LogP contribution in [0.2, 0.25) is 0 Å². The lowest BCUT2D eigenvalue weighted by molar-refractivity contribution is 0.165. The molecule has 2 nitrogen and oxygen atoms in total. The summed E-state index contributed by atoms with van der Waals surface area (Å²) < 4.78 is 0. The first-order valence-electron chi connectivity index (χ1n) is 7.23. The van der Waals surface area contributed by atoms with Gasteiger partial charge in [0.2, 0.25) is 0 Å². The van der Waals surface area contributed by atoms with Gasteiger partial charge < -0.3 is 5.73 Å². The second-order valence-corrected chi connectivity index (χ2v) is 6.23. The van der Waals surface area contributed by atoms with E-state index in [1.165, 1.54) is 29.2 Å². The minimum absolute atomic E-state index is 0.222. The maximum atomic E-state index is 6.81. The van der Waals surface area contributed by atoms with Crippen molar-refractivity contribution in [3.05, 3.63) is 42.2 Å². The molecule has 3 atom stereocenters. The number of fused-ring (bicyclic) bond motifs is 1. The van der Waals surface area contributed by atoms with Gasteiger partial charge in [-0.1, -0.05) is 38.1 Å². The van der Waals surface area contributed by atoms with Crippen LogP contribution < -0.4 is 5.73 Å². The van der Waals surface area contributed by atoms with Crippen LogP contribution in [-0.4, -0.2) is 4.98 Å². The van der Waals surface area contributed by atoms with Crippen LogP contribution >= 0.6 is 0 Å². The number of aromatic nitrogens is 1. The summed E-state index contributed by atoms with van der Waals surface area (Å²) in [6, 6.07) is 8.44. The molecule has 2 aromatic rings. The van der Waals surface area contributed by atoms with Crippen molar-refractivity contribution in [3.8, 4) is 0 Å². The van der Waals surface area contributed by atoms with Gasteiger partial charge in [-0.2, -0.15) is 0 Å². The Kier molecular flexibility index (Phi) is 3.06. The molecule has 0 radical (unpaired) electrons.